The van der Waals surface area contributed by atoms with E-state index >= 15 is 0 Å². The van der Waals surface area contributed by atoms with Crippen molar-refractivity contribution in [3.63, 3.8) is 0 Å². The van der Waals surface area contributed by atoms with Crippen LogP contribution in [0.15, 0.2) is 36.5 Å². The summed E-state index contributed by atoms with van der Waals surface area (Å²) in [6.07, 6.45) is 5.58. The van der Waals surface area contributed by atoms with Crippen molar-refractivity contribution >= 4 is 10.9 Å². The number of nitrogens with zero attached hydrogens (tertiary/aromatic N) is 4. The van der Waals surface area contributed by atoms with Gasteiger partial charge in [0.15, 0.2) is 0 Å². The lowest BCUT2D eigenvalue weighted by Crippen LogP contribution is -2.29. The van der Waals surface area contributed by atoms with Crippen LogP contribution < -0.4 is 5.32 Å². The predicted octanol–water partition coefficient (Wildman–Crippen LogP) is 2.98. The van der Waals surface area contributed by atoms with Gasteiger partial charge in [-0.05, 0) is 56.8 Å². The second-order valence-corrected chi connectivity index (χ2v) is 7.15. The molecule has 2 aliphatic rings. The molecule has 0 bridgehead atoms. The molecule has 0 amide bonds. The van der Waals surface area contributed by atoms with Gasteiger partial charge in [-0.25, -0.2) is 9.67 Å². The fraction of sp³-hybridized carbons (Fsp3) is 0.421. The molecule has 1 aliphatic carbocycles. The zero-order chi connectivity index (χ0) is 16.1. The lowest BCUT2D eigenvalue weighted by molar-refractivity contribution is 0.339. The Balaban J connectivity index is 1.62. The number of nitrogens with one attached hydrogen (secondary N) is 1. The Kier molecular flexibility index (Phi) is 3.00. The van der Waals surface area contributed by atoms with Crippen molar-refractivity contribution in [3.05, 3.63) is 48.2 Å². The topological polar surface area (TPSA) is 55.6 Å². The first kappa shape index (κ1) is 14.1. The Hall–Kier alpha value is -2.27. The van der Waals surface area contributed by atoms with Crippen molar-refractivity contribution in [2.45, 2.75) is 32.1 Å². The molecule has 24 heavy (non-hydrogen) atoms. The second-order valence-electron chi connectivity index (χ2n) is 7.15. The highest BCUT2D eigenvalue weighted by molar-refractivity contribution is 5.86. The molecule has 1 N–H and O–H groups in total. The minimum atomic E-state index is 0.445. The largest absolute Gasteiger partial charge is 0.317 e. The maximum atomic E-state index is 4.81. The van der Waals surface area contributed by atoms with Crippen molar-refractivity contribution < 1.29 is 0 Å². The zero-order valence-electron chi connectivity index (χ0n) is 13.9. The molecule has 2 fully saturated rings. The molecule has 1 aromatic carbocycles. The highest BCUT2D eigenvalue weighted by Crippen LogP contribution is 2.64. The van der Waals surface area contributed by atoms with Crippen LogP contribution >= 0.6 is 0 Å². The fourth-order valence-corrected chi connectivity index (χ4v) is 4.28. The van der Waals surface area contributed by atoms with Gasteiger partial charge in [0.2, 0.25) is 0 Å². The first-order valence-corrected chi connectivity index (χ1v) is 8.75. The van der Waals surface area contributed by atoms with Crippen LogP contribution in [-0.2, 0) is 0 Å². The molecule has 5 nitrogen and oxygen atoms in total. The summed E-state index contributed by atoms with van der Waals surface area (Å²) in [5.41, 5.74) is 2.48. The third-order valence-corrected chi connectivity index (χ3v) is 5.68. The molecular weight excluding hydrogens is 298 g/mol. The summed E-state index contributed by atoms with van der Waals surface area (Å²) in [4.78, 5) is 9.40. The number of hydrogen-bond donors (Lipinski definition) is 1. The number of benzene rings is 1. The van der Waals surface area contributed by atoms with Gasteiger partial charge < -0.3 is 5.32 Å². The molecule has 3 heterocycles. The van der Waals surface area contributed by atoms with E-state index < -0.39 is 0 Å². The van der Waals surface area contributed by atoms with Crippen LogP contribution in [0.1, 0.15) is 36.8 Å². The molecule has 1 saturated heterocycles. The van der Waals surface area contributed by atoms with Gasteiger partial charge in [-0.15, -0.1) is 0 Å². The molecule has 1 atom stereocenters. The maximum Gasteiger partial charge on any atom is 0.148 e. The molecule has 2 aromatic heterocycles. The van der Waals surface area contributed by atoms with Crippen molar-refractivity contribution in [2.75, 3.05) is 13.1 Å². The Morgan fingerprint density at radius 2 is 2.00 bits per heavy atom. The summed E-state index contributed by atoms with van der Waals surface area (Å²) in [5.74, 6) is 2.49. The number of hydrogen-bond acceptors (Lipinski definition) is 4. The Morgan fingerprint density at radius 3 is 2.88 bits per heavy atom. The Labute approximate surface area is 141 Å². The third kappa shape index (κ3) is 2.08. The van der Waals surface area contributed by atoms with Crippen LogP contribution in [0, 0.1) is 12.3 Å². The van der Waals surface area contributed by atoms with Gasteiger partial charge in [0.05, 0.1) is 11.2 Å². The molecule has 5 heteroatoms. The van der Waals surface area contributed by atoms with Crippen LogP contribution in [0.2, 0.25) is 0 Å². The molecule has 5 rings (SSSR count). The van der Waals surface area contributed by atoms with E-state index in [1.165, 1.54) is 19.3 Å². The smallest absolute Gasteiger partial charge is 0.148 e. The fourth-order valence-electron chi connectivity index (χ4n) is 4.28. The second kappa shape index (κ2) is 5.11. The van der Waals surface area contributed by atoms with Crippen LogP contribution in [0.25, 0.3) is 16.6 Å². The van der Waals surface area contributed by atoms with Gasteiger partial charge in [0.25, 0.3) is 0 Å². The van der Waals surface area contributed by atoms with E-state index in [1.807, 2.05) is 23.9 Å². The van der Waals surface area contributed by atoms with Crippen molar-refractivity contribution in [1.29, 1.82) is 0 Å². The molecule has 0 unspecified atom stereocenters. The van der Waals surface area contributed by atoms with E-state index in [0.29, 0.717) is 11.3 Å². The van der Waals surface area contributed by atoms with E-state index in [0.717, 1.165) is 41.3 Å². The number of piperidine rings is 1. The van der Waals surface area contributed by atoms with Gasteiger partial charge in [0.1, 0.15) is 11.6 Å². The highest BCUT2D eigenvalue weighted by atomic mass is 15.4. The molecule has 0 radical (unpaired) electrons. The van der Waals surface area contributed by atoms with Gasteiger partial charge >= 0.3 is 0 Å². The lowest BCUT2D eigenvalue weighted by Gasteiger charge is -2.23. The van der Waals surface area contributed by atoms with Gasteiger partial charge in [-0.1, -0.05) is 18.2 Å². The number of aryl methyl sites for hydroxylation is 1. The predicted molar refractivity (Wildman–Crippen MR) is 93.3 cm³/mol. The van der Waals surface area contributed by atoms with Crippen LogP contribution in [0.4, 0.5) is 0 Å². The van der Waals surface area contributed by atoms with E-state index in [9.17, 15) is 0 Å². The number of fused-ring (bicyclic) bond motifs is 1. The molecule has 3 aromatic rings. The van der Waals surface area contributed by atoms with Crippen LogP contribution in [-0.4, -0.2) is 32.8 Å². The van der Waals surface area contributed by atoms with Crippen LogP contribution in [0.3, 0.4) is 0 Å². The molecular formula is C19H21N5. The van der Waals surface area contributed by atoms with Gasteiger partial charge in [-0.3, -0.25) is 4.98 Å². The average molecular weight is 319 g/mol. The van der Waals surface area contributed by atoms with Crippen molar-refractivity contribution in [1.82, 2.24) is 25.1 Å². The zero-order valence-corrected chi connectivity index (χ0v) is 13.9. The van der Waals surface area contributed by atoms with E-state index in [1.54, 1.807) is 0 Å². The number of aromatic nitrogens is 4. The quantitative estimate of drug-likeness (QED) is 0.789. The summed E-state index contributed by atoms with van der Waals surface area (Å²) >= 11 is 0. The molecule has 1 saturated carbocycles. The van der Waals surface area contributed by atoms with Gasteiger partial charge in [0, 0.05) is 17.5 Å². The first-order valence-electron chi connectivity index (χ1n) is 8.75. The van der Waals surface area contributed by atoms with E-state index in [-0.39, 0.29) is 0 Å². The first-order chi connectivity index (χ1) is 11.8. The SMILES string of the molecule is Cc1nc([C@@H]2CC23CCNCC3)n(-c2cccc3cccnc23)n1. The summed E-state index contributed by atoms with van der Waals surface area (Å²) in [6, 6.07) is 10.4. The van der Waals surface area contributed by atoms with E-state index in [2.05, 4.69) is 34.6 Å². The highest BCUT2D eigenvalue weighted by Gasteiger charge is 2.56. The number of para-hydroxylation sites is 1. The maximum absolute atomic E-state index is 4.81. The summed E-state index contributed by atoms with van der Waals surface area (Å²) in [5, 5.41) is 9.34. The number of rotatable bonds is 2. The summed E-state index contributed by atoms with van der Waals surface area (Å²) in [7, 11) is 0. The molecule has 1 aliphatic heterocycles. The Bertz CT molecular complexity index is 902. The van der Waals surface area contributed by atoms with E-state index in [4.69, 9.17) is 10.1 Å². The van der Waals surface area contributed by atoms with Crippen molar-refractivity contribution in [3.8, 4) is 5.69 Å². The average Bonchev–Trinajstić information content (AvgIpc) is 3.15. The monoisotopic (exact) mass is 319 g/mol. The summed E-state index contributed by atoms with van der Waals surface area (Å²) in [6.45, 7) is 4.23. The minimum absolute atomic E-state index is 0.445. The standard InChI is InChI=1S/C19H21N5/c1-13-22-18(15-12-19(15)7-10-20-11-8-19)24(23-13)16-6-2-4-14-5-3-9-21-17(14)16/h2-6,9,15,20H,7-8,10-12H2,1H3/t15-/m0/s1. The minimum Gasteiger partial charge on any atom is -0.317 e. The number of pyridine rings is 1. The summed E-state index contributed by atoms with van der Waals surface area (Å²) < 4.78 is 2.05. The molecule has 1 spiro atoms. The molecule has 122 valence electrons. The van der Waals surface area contributed by atoms with Crippen molar-refractivity contribution in [2.24, 2.45) is 5.41 Å². The normalized spacial score (nSPS) is 22.1. The Morgan fingerprint density at radius 1 is 1.17 bits per heavy atom. The lowest BCUT2D eigenvalue weighted by atomic mass is 9.92. The van der Waals surface area contributed by atoms with Gasteiger partial charge in [-0.2, -0.15) is 5.10 Å². The van der Waals surface area contributed by atoms with Crippen LogP contribution in [0.5, 0.6) is 0 Å². The third-order valence-electron chi connectivity index (χ3n) is 5.68.